The van der Waals surface area contributed by atoms with Crippen LogP contribution >= 0.6 is 0 Å². The Bertz CT molecular complexity index is 379. The molecule has 0 unspecified atom stereocenters. The van der Waals surface area contributed by atoms with Crippen LogP contribution in [0.4, 0.5) is 33.7 Å². The van der Waals surface area contributed by atoms with Gasteiger partial charge in [-0.25, -0.2) is 13.8 Å². The van der Waals surface area contributed by atoms with Crippen LogP contribution in [-0.4, -0.2) is 30.0 Å². The highest BCUT2D eigenvalue weighted by atomic mass is 19.4. The quantitative estimate of drug-likeness (QED) is 0.811. The van der Waals surface area contributed by atoms with Crippen molar-refractivity contribution in [2.45, 2.75) is 12.6 Å². The Morgan fingerprint density at radius 1 is 1.29 bits per heavy atom. The molecule has 0 atom stereocenters. The van der Waals surface area contributed by atoms with Gasteiger partial charge in [-0.1, -0.05) is 0 Å². The number of hydrogen-bond acceptors (Lipinski definition) is 4. The number of rotatable bonds is 4. The minimum Gasteiger partial charge on any atom is -0.364 e. The van der Waals surface area contributed by atoms with Crippen molar-refractivity contribution in [3.63, 3.8) is 0 Å². The average Bonchev–Trinajstić information content (AvgIpc) is 2.24. The van der Waals surface area contributed by atoms with Crippen molar-refractivity contribution in [2.75, 3.05) is 24.2 Å². The number of nitrogens with zero attached hydrogens (tertiary/aromatic N) is 2. The van der Waals surface area contributed by atoms with Gasteiger partial charge in [-0.05, 0) is 0 Å². The van der Waals surface area contributed by atoms with Gasteiger partial charge in [0.1, 0.15) is 5.82 Å². The van der Waals surface area contributed by atoms with Gasteiger partial charge in [0.05, 0.1) is 6.54 Å². The Labute approximate surface area is 93.3 Å². The number of hydrogen-bond donors (Lipinski definition) is 2. The summed E-state index contributed by atoms with van der Waals surface area (Å²) in [7, 11) is 1.33. The maximum Gasteiger partial charge on any atom is 0.433 e. The van der Waals surface area contributed by atoms with Crippen LogP contribution in [0.2, 0.25) is 0 Å². The molecule has 0 bridgehead atoms. The SMILES string of the molecule is CNc1nc(NCC(F)F)cc(C(F)(F)F)n1. The van der Waals surface area contributed by atoms with Crippen molar-refractivity contribution >= 4 is 11.8 Å². The van der Waals surface area contributed by atoms with Gasteiger partial charge in [0.15, 0.2) is 5.69 Å². The minimum absolute atomic E-state index is 0.295. The van der Waals surface area contributed by atoms with E-state index >= 15 is 0 Å². The van der Waals surface area contributed by atoms with Gasteiger partial charge in [0.2, 0.25) is 5.95 Å². The summed E-state index contributed by atoms with van der Waals surface area (Å²) >= 11 is 0. The first kappa shape index (κ1) is 13.4. The van der Waals surface area contributed by atoms with Crippen molar-refractivity contribution in [1.82, 2.24) is 9.97 Å². The van der Waals surface area contributed by atoms with E-state index < -0.39 is 24.8 Å². The van der Waals surface area contributed by atoms with Crippen LogP contribution in [0.5, 0.6) is 0 Å². The zero-order chi connectivity index (χ0) is 13.1. The third-order valence-electron chi connectivity index (χ3n) is 1.68. The number of nitrogens with one attached hydrogen (secondary N) is 2. The Morgan fingerprint density at radius 2 is 1.94 bits per heavy atom. The predicted molar refractivity (Wildman–Crippen MR) is 51.1 cm³/mol. The van der Waals surface area contributed by atoms with Crippen LogP contribution in [0.15, 0.2) is 6.07 Å². The standard InChI is InChI=1S/C8H9F5N4/c1-14-7-16-4(8(11,12)13)2-6(17-7)15-3-5(9)10/h2,5H,3H2,1H3,(H2,14,15,16,17). The van der Waals surface area contributed by atoms with Crippen molar-refractivity contribution < 1.29 is 22.0 Å². The molecule has 0 amide bonds. The second-order valence-corrected chi connectivity index (χ2v) is 2.98. The summed E-state index contributed by atoms with van der Waals surface area (Å²) in [5.41, 5.74) is -1.20. The maximum atomic E-state index is 12.4. The maximum absolute atomic E-state index is 12.4. The molecule has 96 valence electrons. The molecule has 0 radical (unpaired) electrons. The Morgan fingerprint density at radius 3 is 2.41 bits per heavy atom. The molecule has 1 aromatic heterocycles. The zero-order valence-electron chi connectivity index (χ0n) is 8.65. The number of aromatic nitrogens is 2. The number of anilines is 2. The first-order valence-corrected chi connectivity index (χ1v) is 4.49. The molecule has 2 N–H and O–H groups in total. The molecule has 4 nitrogen and oxygen atoms in total. The van der Waals surface area contributed by atoms with Crippen LogP contribution in [0.3, 0.4) is 0 Å². The van der Waals surface area contributed by atoms with Gasteiger partial charge in [-0.3, -0.25) is 0 Å². The first-order chi connectivity index (χ1) is 7.82. The summed E-state index contributed by atoms with van der Waals surface area (Å²) in [4.78, 5) is 6.75. The Hall–Kier alpha value is -1.67. The van der Waals surface area contributed by atoms with Crippen LogP contribution in [0.25, 0.3) is 0 Å². The van der Waals surface area contributed by atoms with Gasteiger partial charge < -0.3 is 10.6 Å². The fourth-order valence-electron chi connectivity index (χ4n) is 0.977. The Kier molecular flexibility index (Phi) is 4.02. The van der Waals surface area contributed by atoms with E-state index in [0.29, 0.717) is 6.07 Å². The molecule has 0 saturated carbocycles. The van der Waals surface area contributed by atoms with Crippen LogP contribution in [0.1, 0.15) is 5.69 Å². The molecule has 17 heavy (non-hydrogen) atoms. The molecular weight excluding hydrogens is 247 g/mol. The molecule has 0 saturated heterocycles. The lowest BCUT2D eigenvalue weighted by atomic mass is 10.3. The fourth-order valence-corrected chi connectivity index (χ4v) is 0.977. The van der Waals surface area contributed by atoms with Crippen molar-refractivity contribution in [3.8, 4) is 0 Å². The molecule has 1 heterocycles. The van der Waals surface area contributed by atoms with E-state index in [1.54, 1.807) is 0 Å². The second kappa shape index (κ2) is 5.11. The van der Waals surface area contributed by atoms with E-state index in [0.717, 1.165) is 0 Å². The second-order valence-electron chi connectivity index (χ2n) is 2.98. The topological polar surface area (TPSA) is 49.8 Å². The minimum atomic E-state index is -4.66. The van der Waals surface area contributed by atoms with Gasteiger partial charge in [0.25, 0.3) is 6.43 Å². The molecule has 0 aliphatic heterocycles. The molecule has 1 rings (SSSR count). The molecule has 0 spiro atoms. The zero-order valence-corrected chi connectivity index (χ0v) is 8.65. The van der Waals surface area contributed by atoms with Crippen LogP contribution in [-0.2, 0) is 6.18 Å². The third kappa shape index (κ3) is 4.00. The van der Waals surface area contributed by atoms with Crippen molar-refractivity contribution in [2.24, 2.45) is 0 Å². The lowest BCUT2D eigenvalue weighted by molar-refractivity contribution is -0.141. The van der Waals surface area contributed by atoms with E-state index in [1.807, 2.05) is 0 Å². The smallest absolute Gasteiger partial charge is 0.364 e. The largest absolute Gasteiger partial charge is 0.433 e. The highest BCUT2D eigenvalue weighted by molar-refractivity contribution is 5.42. The molecule has 9 heteroatoms. The van der Waals surface area contributed by atoms with Crippen LogP contribution < -0.4 is 10.6 Å². The van der Waals surface area contributed by atoms with Gasteiger partial charge >= 0.3 is 6.18 Å². The van der Waals surface area contributed by atoms with E-state index in [-0.39, 0.29) is 11.8 Å². The number of alkyl halides is 5. The lowest BCUT2D eigenvalue weighted by Crippen LogP contribution is -2.15. The van der Waals surface area contributed by atoms with Crippen molar-refractivity contribution in [3.05, 3.63) is 11.8 Å². The predicted octanol–water partition coefficient (Wildman–Crippen LogP) is 2.21. The normalized spacial score (nSPS) is 11.7. The van der Waals surface area contributed by atoms with E-state index in [2.05, 4.69) is 20.6 Å². The summed E-state index contributed by atoms with van der Waals surface area (Å²) in [6.07, 6.45) is -7.34. The third-order valence-corrected chi connectivity index (χ3v) is 1.68. The van der Waals surface area contributed by atoms with E-state index in [1.165, 1.54) is 7.05 Å². The summed E-state index contributed by atoms with van der Waals surface area (Å²) in [5.74, 6) is -0.603. The summed E-state index contributed by atoms with van der Waals surface area (Å²) in [6.45, 7) is -0.780. The monoisotopic (exact) mass is 256 g/mol. The first-order valence-electron chi connectivity index (χ1n) is 4.49. The highest BCUT2D eigenvalue weighted by Crippen LogP contribution is 2.29. The van der Waals surface area contributed by atoms with E-state index in [9.17, 15) is 22.0 Å². The van der Waals surface area contributed by atoms with Gasteiger partial charge in [-0.15, -0.1) is 0 Å². The molecule has 0 aliphatic rings. The average molecular weight is 256 g/mol. The number of halogens is 5. The van der Waals surface area contributed by atoms with Crippen LogP contribution in [0, 0.1) is 0 Å². The molecule has 1 aromatic rings. The molecule has 0 aromatic carbocycles. The molecule has 0 fully saturated rings. The van der Waals surface area contributed by atoms with Gasteiger partial charge in [0, 0.05) is 13.1 Å². The van der Waals surface area contributed by atoms with Crippen molar-refractivity contribution in [1.29, 1.82) is 0 Å². The summed E-state index contributed by atoms with van der Waals surface area (Å²) in [5, 5.41) is 4.41. The molecular formula is C8H9F5N4. The summed E-state index contributed by atoms with van der Waals surface area (Å²) in [6, 6.07) is 0.573. The molecule has 0 aliphatic carbocycles. The lowest BCUT2D eigenvalue weighted by Gasteiger charge is -2.11. The van der Waals surface area contributed by atoms with E-state index in [4.69, 9.17) is 0 Å². The summed E-state index contributed by atoms with van der Waals surface area (Å²) < 4.78 is 61.0. The highest BCUT2D eigenvalue weighted by Gasteiger charge is 2.33. The van der Waals surface area contributed by atoms with Gasteiger partial charge in [-0.2, -0.15) is 18.2 Å². The fraction of sp³-hybridized carbons (Fsp3) is 0.500. The Balaban J connectivity index is 2.97.